The third kappa shape index (κ3) is 3.21. The van der Waals surface area contributed by atoms with E-state index in [0.29, 0.717) is 16.5 Å². The van der Waals surface area contributed by atoms with Crippen LogP contribution in [0.25, 0.3) is 10.9 Å². The van der Waals surface area contributed by atoms with E-state index in [4.69, 9.17) is 9.47 Å². The monoisotopic (exact) mass is 466 g/mol. The number of para-hydroxylation sites is 1. The van der Waals surface area contributed by atoms with Crippen molar-refractivity contribution >= 4 is 32.9 Å². The fourth-order valence-corrected chi connectivity index (χ4v) is 6.26. The van der Waals surface area contributed by atoms with Gasteiger partial charge in [-0.2, -0.15) is 5.26 Å². The highest BCUT2D eigenvalue weighted by Crippen LogP contribution is 2.47. The SMILES string of the molecule is COC(=O)C1(C(=O)OC)CC(C#N)Cc2c1n(S(=O)(=O)c1ccc(C)cc1)c1ccccc21. The molecule has 1 heterocycles. The van der Waals surface area contributed by atoms with Crippen LogP contribution in [-0.4, -0.2) is 38.5 Å². The van der Waals surface area contributed by atoms with Gasteiger partial charge in [0.05, 0.1) is 42.3 Å². The van der Waals surface area contributed by atoms with Gasteiger partial charge in [-0.1, -0.05) is 35.9 Å². The zero-order valence-corrected chi connectivity index (χ0v) is 19.2. The van der Waals surface area contributed by atoms with Gasteiger partial charge in [-0.25, -0.2) is 12.4 Å². The van der Waals surface area contributed by atoms with Gasteiger partial charge in [0, 0.05) is 5.39 Å². The number of aryl methyl sites for hydroxylation is 1. The van der Waals surface area contributed by atoms with Gasteiger partial charge in [-0.05, 0) is 43.5 Å². The molecule has 0 aliphatic heterocycles. The van der Waals surface area contributed by atoms with E-state index in [-0.39, 0.29) is 23.4 Å². The number of aromatic nitrogens is 1. The van der Waals surface area contributed by atoms with Crippen molar-refractivity contribution in [2.45, 2.75) is 30.1 Å². The molecule has 0 bridgehead atoms. The molecule has 2 aromatic carbocycles. The van der Waals surface area contributed by atoms with Crippen molar-refractivity contribution < 1.29 is 27.5 Å². The maximum absolute atomic E-state index is 13.9. The lowest BCUT2D eigenvalue weighted by atomic mass is 9.69. The van der Waals surface area contributed by atoms with Gasteiger partial charge in [0.25, 0.3) is 10.0 Å². The molecule has 0 N–H and O–H groups in total. The number of benzene rings is 2. The molecule has 0 saturated heterocycles. The van der Waals surface area contributed by atoms with Crippen LogP contribution in [-0.2, 0) is 40.9 Å². The predicted octanol–water partition coefficient (Wildman–Crippen LogP) is 2.86. The van der Waals surface area contributed by atoms with Crippen LogP contribution in [0.5, 0.6) is 0 Å². The molecule has 1 aliphatic rings. The van der Waals surface area contributed by atoms with Crippen LogP contribution < -0.4 is 0 Å². The summed E-state index contributed by atoms with van der Waals surface area (Å²) in [6.07, 6.45) is -0.0753. The minimum atomic E-state index is -4.24. The Labute approximate surface area is 191 Å². The van der Waals surface area contributed by atoms with Crippen molar-refractivity contribution in [1.82, 2.24) is 3.97 Å². The van der Waals surface area contributed by atoms with Crippen molar-refractivity contribution in [2.75, 3.05) is 14.2 Å². The van der Waals surface area contributed by atoms with Crippen molar-refractivity contribution in [3.05, 3.63) is 65.4 Å². The summed E-state index contributed by atoms with van der Waals surface area (Å²) < 4.78 is 38.9. The van der Waals surface area contributed by atoms with Gasteiger partial charge >= 0.3 is 11.9 Å². The fraction of sp³-hybridized carbons (Fsp3) is 0.292. The van der Waals surface area contributed by atoms with Crippen LogP contribution in [0.2, 0.25) is 0 Å². The molecular formula is C24H22N2O6S. The second kappa shape index (κ2) is 8.05. The number of carbonyl (C=O) groups is 2. The van der Waals surface area contributed by atoms with E-state index in [1.54, 1.807) is 36.4 Å². The second-order valence-corrected chi connectivity index (χ2v) is 9.84. The maximum atomic E-state index is 13.9. The molecule has 0 saturated carbocycles. The molecule has 1 aromatic heterocycles. The predicted molar refractivity (Wildman–Crippen MR) is 119 cm³/mol. The lowest BCUT2D eigenvalue weighted by Crippen LogP contribution is -2.51. The minimum absolute atomic E-state index is 0.00249. The molecule has 0 radical (unpaired) electrons. The summed E-state index contributed by atoms with van der Waals surface area (Å²) in [4.78, 5) is 26.4. The molecule has 33 heavy (non-hydrogen) atoms. The van der Waals surface area contributed by atoms with Crippen LogP contribution in [0.1, 0.15) is 23.2 Å². The number of fused-ring (bicyclic) bond motifs is 3. The van der Waals surface area contributed by atoms with Crippen molar-refractivity contribution in [3.8, 4) is 6.07 Å². The smallest absolute Gasteiger partial charge is 0.329 e. The first-order chi connectivity index (χ1) is 15.7. The summed E-state index contributed by atoms with van der Waals surface area (Å²) in [7, 11) is -2.01. The lowest BCUT2D eigenvalue weighted by Gasteiger charge is -2.35. The molecule has 0 fully saturated rings. The Morgan fingerprint density at radius 3 is 2.24 bits per heavy atom. The van der Waals surface area contributed by atoms with Gasteiger partial charge < -0.3 is 9.47 Å². The van der Waals surface area contributed by atoms with Crippen LogP contribution in [0.15, 0.2) is 53.4 Å². The third-order valence-corrected chi connectivity index (χ3v) is 7.88. The normalized spacial score (nSPS) is 17.1. The van der Waals surface area contributed by atoms with Gasteiger partial charge in [0.15, 0.2) is 0 Å². The van der Waals surface area contributed by atoms with Crippen molar-refractivity contribution in [2.24, 2.45) is 5.92 Å². The average molecular weight is 467 g/mol. The number of methoxy groups -OCH3 is 2. The molecule has 8 nitrogen and oxygen atoms in total. The highest BCUT2D eigenvalue weighted by Gasteiger charge is 2.58. The molecule has 170 valence electrons. The third-order valence-electron chi connectivity index (χ3n) is 6.15. The average Bonchev–Trinajstić information content (AvgIpc) is 3.18. The molecule has 4 rings (SSSR count). The number of hydrogen-bond donors (Lipinski definition) is 0. The highest BCUT2D eigenvalue weighted by atomic mass is 32.2. The molecule has 1 unspecified atom stereocenters. The zero-order valence-electron chi connectivity index (χ0n) is 18.4. The summed E-state index contributed by atoms with van der Waals surface area (Å²) >= 11 is 0. The number of nitriles is 1. The number of nitrogens with zero attached hydrogens (tertiary/aromatic N) is 2. The first-order valence-electron chi connectivity index (χ1n) is 10.2. The summed E-state index contributed by atoms with van der Waals surface area (Å²) in [5.41, 5.74) is -0.527. The van der Waals surface area contributed by atoms with Crippen LogP contribution in [0.4, 0.5) is 0 Å². The van der Waals surface area contributed by atoms with Crippen molar-refractivity contribution in [3.63, 3.8) is 0 Å². The fourth-order valence-electron chi connectivity index (χ4n) is 4.65. The first-order valence-corrected chi connectivity index (χ1v) is 11.7. The standard InChI is InChI=1S/C24H22N2O6S/c1-15-8-10-17(11-9-15)33(29,30)26-20-7-5-4-6-18(20)19-12-16(14-25)13-24(21(19)26,22(27)31-2)23(28)32-3/h4-11,16H,12-13H2,1-3H3. The van der Waals surface area contributed by atoms with Gasteiger partial charge in [-0.3, -0.25) is 9.59 Å². The molecule has 3 aromatic rings. The van der Waals surface area contributed by atoms with Crippen LogP contribution in [0, 0.1) is 24.2 Å². The number of ether oxygens (including phenoxy) is 2. The Kier molecular flexibility index (Phi) is 5.50. The molecule has 1 aliphatic carbocycles. The maximum Gasteiger partial charge on any atom is 0.329 e. The number of rotatable bonds is 4. The van der Waals surface area contributed by atoms with Crippen LogP contribution >= 0.6 is 0 Å². The quantitative estimate of drug-likeness (QED) is 0.429. The van der Waals surface area contributed by atoms with Gasteiger partial charge in [-0.15, -0.1) is 0 Å². The summed E-state index contributed by atoms with van der Waals surface area (Å²) in [5.74, 6) is -2.67. The summed E-state index contributed by atoms with van der Waals surface area (Å²) in [6, 6.07) is 15.2. The zero-order chi connectivity index (χ0) is 24.0. The second-order valence-electron chi connectivity index (χ2n) is 8.05. The number of carbonyl (C=O) groups excluding carboxylic acids is 2. The van der Waals surface area contributed by atoms with E-state index in [2.05, 4.69) is 6.07 Å². The van der Waals surface area contributed by atoms with E-state index in [1.165, 1.54) is 12.1 Å². The summed E-state index contributed by atoms with van der Waals surface area (Å²) in [5, 5.41) is 10.3. The van der Waals surface area contributed by atoms with Gasteiger partial charge in [0.2, 0.25) is 5.41 Å². The molecule has 0 spiro atoms. The molecule has 0 amide bonds. The Morgan fingerprint density at radius 1 is 1.06 bits per heavy atom. The van der Waals surface area contributed by atoms with Crippen molar-refractivity contribution in [1.29, 1.82) is 5.26 Å². The largest absolute Gasteiger partial charge is 0.468 e. The molecule has 1 atom stereocenters. The Hall–Kier alpha value is -3.64. The van der Waals surface area contributed by atoms with E-state index in [1.807, 2.05) is 6.92 Å². The van der Waals surface area contributed by atoms with Gasteiger partial charge in [0.1, 0.15) is 0 Å². The topological polar surface area (TPSA) is 115 Å². The first kappa shape index (κ1) is 22.6. The molecule has 9 heteroatoms. The summed E-state index contributed by atoms with van der Waals surface area (Å²) in [6.45, 7) is 1.84. The number of esters is 2. The van der Waals surface area contributed by atoms with Crippen LogP contribution in [0.3, 0.4) is 0 Å². The lowest BCUT2D eigenvalue weighted by molar-refractivity contribution is -0.163. The highest BCUT2D eigenvalue weighted by molar-refractivity contribution is 7.90. The number of hydrogen-bond acceptors (Lipinski definition) is 7. The Balaban J connectivity index is 2.20. The Bertz CT molecular complexity index is 1400. The van der Waals surface area contributed by atoms with E-state index < -0.39 is 33.3 Å². The van der Waals surface area contributed by atoms with E-state index in [0.717, 1.165) is 23.8 Å². The molecular weight excluding hydrogens is 444 g/mol. The van der Waals surface area contributed by atoms with E-state index in [9.17, 15) is 23.3 Å². The Morgan fingerprint density at radius 2 is 1.67 bits per heavy atom. The van der Waals surface area contributed by atoms with E-state index >= 15 is 0 Å². The minimum Gasteiger partial charge on any atom is -0.468 e.